The van der Waals surface area contributed by atoms with Crippen molar-refractivity contribution in [3.05, 3.63) is 102 Å². The van der Waals surface area contributed by atoms with Crippen molar-refractivity contribution in [3.63, 3.8) is 0 Å². The summed E-state index contributed by atoms with van der Waals surface area (Å²) in [4.78, 5) is 20.1. The van der Waals surface area contributed by atoms with Crippen LogP contribution < -0.4 is 5.32 Å². The fraction of sp³-hybridized carbons (Fsp3) is 0.200. The molecule has 2 N–H and O–H groups in total. The van der Waals surface area contributed by atoms with Crippen LogP contribution in [0.1, 0.15) is 35.4 Å². The van der Waals surface area contributed by atoms with Crippen molar-refractivity contribution in [1.29, 1.82) is 0 Å². The number of rotatable bonds is 8. The highest BCUT2D eigenvalue weighted by atomic mass is 16.1. The van der Waals surface area contributed by atoms with Gasteiger partial charge in [-0.3, -0.25) is 9.78 Å². The van der Waals surface area contributed by atoms with E-state index >= 15 is 0 Å². The summed E-state index contributed by atoms with van der Waals surface area (Å²) in [5.74, 6) is 0.231. The summed E-state index contributed by atoms with van der Waals surface area (Å²) in [6.07, 6.45) is 7.90. The van der Waals surface area contributed by atoms with Gasteiger partial charge >= 0.3 is 0 Å². The SMILES string of the molecule is O=C(CC(CCc1ccccc1)c1c[nH]c2ccccc12)NCc1ccncc1. The Hall–Kier alpha value is -3.40. The van der Waals surface area contributed by atoms with Gasteiger partial charge in [0.05, 0.1) is 0 Å². The van der Waals surface area contributed by atoms with Crippen molar-refractivity contribution in [1.82, 2.24) is 15.3 Å². The van der Waals surface area contributed by atoms with Crippen LogP contribution in [0.5, 0.6) is 0 Å². The number of aryl methyl sites for hydroxylation is 1. The number of fused-ring (bicyclic) bond motifs is 1. The quantitative estimate of drug-likeness (QED) is 0.450. The molecule has 0 bridgehead atoms. The average molecular weight is 383 g/mol. The molecule has 4 heteroatoms. The summed E-state index contributed by atoms with van der Waals surface area (Å²) in [6, 6.07) is 22.6. The van der Waals surface area contributed by atoms with Crippen LogP contribution in [0, 0.1) is 0 Å². The van der Waals surface area contributed by atoms with E-state index in [4.69, 9.17) is 0 Å². The lowest BCUT2D eigenvalue weighted by atomic mass is 9.89. The molecular weight excluding hydrogens is 358 g/mol. The zero-order valence-corrected chi connectivity index (χ0v) is 16.3. The number of para-hydroxylation sites is 1. The molecule has 29 heavy (non-hydrogen) atoms. The molecule has 1 atom stereocenters. The van der Waals surface area contributed by atoms with E-state index in [-0.39, 0.29) is 11.8 Å². The Labute approximate surface area is 171 Å². The Morgan fingerprint density at radius 2 is 1.69 bits per heavy atom. The van der Waals surface area contributed by atoms with Crippen molar-refractivity contribution < 1.29 is 4.79 Å². The monoisotopic (exact) mass is 383 g/mol. The summed E-state index contributed by atoms with van der Waals surface area (Å²) in [5, 5.41) is 4.26. The Balaban J connectivity index is 1.49. The van der Waals surface area contributed by atoms with E-state index in [1.165, 1.54) is 16.5 Å². The lowest BCUT2D eigenvalue weighted by Crippen LogP contribution is -2.24. The van der Waals surface area contributed by atoms with Crippen molar-refractivity contribution in [2.75, 3.05) is 0 Å². The minimum Gasteiger partial charge on any atom is -0.361 e. The molecule has 0 saturated heterocycles. The zero-order chi connectivity index (χ0) is 19.9. The van der Waals surface area contributed by atoms with Gasteiger partial charge in [0, 0.05) is 42.5 Å². The van der Waals surface area contributed by atoms with E-state index < -0.39 is 0 Å². The Kier molecular flexibility index (Phi) is 6.01. The largest absolute Gasteiger partial charge is 0.361 e. The second kappa shape index (κ2) is 9.20. The molecule has 0 radical (unpaired) electrons. The Morgan fingerprint density at radius 3 is 2.52 bits per heavy atom. The fourth-order valence-corrected chi connectivity index (χ4v) is 3.78. The molecule has 2 aromatic carbocycles. The Bertz CT molecular complexity index is 1060. The van der Waals surface area contributed by atoms with E-state index in [1.807, 2.05) is 24.3 Å². The predicted octanol–water partition coefficient (Wildman–Crippen LogP) is 4.99. The number of nitrogens with zero attached hydrogens (tertiary/aromatic N) is 1. The van der Waals surface area contributed by atoms with Gasteiger partial charge in [0.25, 0.3) is 0 Å². The van der Waals surface area contributed by atoms with Gasteiger partial charge in [-0.05, 0) is 53.6 Å². The van der Waals surface area contributed by atoms with Gasteiger partial charge in [-0.1, -0.05) is 48.5 Å². The summed E-state index contributed by atoms with van der Waals surface area (Å²) < 4.78 is 0. The third-order valence-corrected chi connectivity index (χ3v) is 5.36. The first-order valence-corrected chi connectivity index (χ1v) is 10.0. The van der Waals surface area contributed by atoms with Gasteiger partial charge in [-0.15, -0.1) is 0 Å². The third kappa shape index (κ3) is 4.91. The van der Waals surface area contributed by atoms with E-state index in [2.05, 4.69) is 63.9 Å². The number of aromatic nitrogens is 2. The maximum Gasteiger partial charge on any atom is 0.220 e. The van der Waals surface area contributed by atoms with Crippen LogP contribution in [0.4, 0.5) is 0 Å². The molecule has 0 spiro atoms. The standard InChI is InChI=1S/C25H25N3O/c29-25(28-17-20-12-14-26-15-13-20)16-21(11-10-19-6-2-1-3-7-19)23-18-27-24-9-5-4-8-22(23)24/h1-9,12-15,18,21,27H,10-11,16-17H2,(H,28,29). The molecular formula is C25H25N3O. The normalized spacial score (nSPS) is 12.0. The van der Waals surface area contributed by atoms with Gasteiger partial charge < -0.3 is 10.3 Å². The molecule has 0 fully saturated rings. The molecule has 0 aliphatic heterocycles. The van der Waals surface area contributed by atoms with Crippen molar-refractivity contribution in [2.24, 2.45) is 0 Å². The molecule has 2 heterocycles. The second-order valence-corrected chi connectivity index (χ2v) is 7.35. The second-order valence-electron chi connectivity index (χ2n) is 7.35. The van der Waals surface area contributed by atoms with Gasteiger partial charge in [0.15, 0.2) is 0 Å². The number of H-pyrrole nitrogens is 1. The molecule has 0 aliphatic rings. The average Bonchev–Trinajstić information content (AvgIpc) is 3.21. The van der Waals surface area contributed by atoms with Crippen LogP contribution in [0.3, 0.4) is 0 Å². The molecule has 4 nitrogen and oxygen atoms in total. The van der Waals surface area contributed by atoms with Gasteiger partial charge in [-0.25, -0.2) is 0 Å². The highest BCUT2D eigenvalue weighted by molar-refractivity contribution is 5.85. The first-order chi connectivity index (χ1) is 14.3. The minimum atomic E-state index is 0.0742. The number of amides is 1. The van der Waals surface area contributed by atoms with E-state index in [9.17, 15) is 4.79 Å². The lowest BCUT2D eigenvalue weighted by molar-refractivity contribution is -0.121. The number of pyridine rings is 1. The molecule has 4 rings (SSSR count). The zero-order valence-electron chi connectivity index (χ0n) is 16.3. The molecule has 0 aliphatic carbocycles. The minimum absolute atomic E-state index is 0.0742. The predicted molar refractivity (Wildman–Crippen MR) is 117 cm³/mol. The third-order valence-electron chi connectivity index (χ3n) is 5.36. The van der Waals surface area contributed by atoms with E-state index in [1.54, 1.807) is 12.4 Å². The Morgan fingerprint density at radius 1 is 0.931 bits per heavy atom. The molecule has 1 unspecified atom stereocenters. The lowest BCUT2D eigenvalue weighted by Gasteiger charge is -2.17. The van der Waals surface area contributed by atoms with E-state index in [0.717, 1.165) is 23.9 Å². The van der Waals surface area contributed by atoms with Crippen LogP contribution in [0.2, 0.25) is 0 Å². The maximum atomic E-state index is 12.7. The molecule has 1 amide bonds. The number of hydrogen-bond donors (Lipinski definition) is 2. The summed E-state index contributed by atoms with van der Waals surface area (Å²) in [6.45, 7) is 0.528. The maximum absolute atomic E-state index is 12.7. The van der Waals surface area contributed by atoms with Gasteiger partial charge in [0.2, 0.25) is 5.91 Å². The van der Waals surface area contributed by atoms with Crippen molar-refractivity contribution >= 4 is 16.8 Å². The van der Waals surface area contributed by atoms with Crippen LogP contribution in [0.15, 0.2) is 85.3 Å². The number of benzene rings is 2. The highest BCUT2D eigenvalue weighted by Crippen LogP contribution is 2.31. The molecule has 2 aromatic heterocycles. The fourth-order valence-electron chi connectivity index (χ4n) is 3.78. The number of carbonyl (C=O) groups excluding carboxylic acids is 1. The summed E-state index contributed by atoms with van der Waals surface area (Å²) in [5.41, 5.74) is 4.69. The number of hydrogen-bond acceptors (Lipinski definition) is 2. The van der Waals surface area contributed by atoms with Crippen LogP contribution >= 0.6 is 0 Å². The van der Waals surface area contributed by atoms with Crippen LogP contribution in [-0.2, 0) is 17.8 Å². The van der Waals surface area contributed by atoms with Gasteiger partial charge in [-0.2, -0.15) is 0 Å². The van der Waals surface area contributed by atoms with Crippen molar-refractivity contribution in [3.8, 4) is 0 Å². The number of aromatic amines is 1. The highest BCUT2D eigenvalue weighted by Gasteiger charge is 2.19. The summed E-state index contributed by atoms with van der Waals surface area (Å²) in [7, 11) is 0. The molecule has 4 aromatic rings. The summed E-state index contributed by atoms with van der Waals surface area (Å²) >= 11 is 0. The van der Waals surface area contributed by atoms with Crippen LogP contribution in [0.25, 0.3) is 10.9 Å². The van der Waals surface area contributed by atoms with Crippen LogP contribution in [-0.4, -0.2) is 15.9 Å². The number of carbonyl (C=O) groups is 1. The first-order valence-electron chi connectivity index (χ1n) is 10.0. The smallest absolute Gasteiger partial charge is 0.220 e. The van der Waals surface area contributed by atoms with E-state index in [0.29, 0.717) is 13.0 Å². The topological polar surface area (TPSA) is 57.8 Å². The number of nitrogens with one attached hydrogen (secondary N) is 2. The first kappa shape index (κ1) is 18.9. The van der Waals surface area contributed by atoms with Gasteiger partial charge in [0.1, 0.15) is 0 Å². The molecule has 0 saturated carbocycles. The van der Waals surface area contributed by atoms with Crippen molar-refractivity contribution in [2.45, 2.75) is 31.7 Å². The molecule has 146 valence electrons.